The average Bonchev–Trinajstić information content (AvgIpc) is 1.72. The molecule has 0 aliphatic carbocycles. The summed E-state index contributed by atoms with van der Waals surface area (Å²) in [5.74, 6) is 8.65. The van der Waals surface area contributed by atoms with Crippen molar-refractivity contribution < 1.29 is 64.9 Å². The van der Waals surface area contributed by atoms with Gasteiger partial charge in [0.15, 0.2) is 46.6 Å². The maximum atomic E-state index is 15.6. The monoisotopic (exact) mass is 1990 g/mol. The third-order valence-electron chi connectivity index (χ3n) is 24.6. The van der Waals surface area contributed by atoms with Crippen molar-refractivity contribution in [1.82, 2.24) is 79.0 Å². The van der Waals surface area contributed by atoms with E-state index in [9.17, 15) is 42.4 Å². The molecule has 0 amide bonds. The Balaban J connectivity index is 0.000000122. The van der Waals surface area contributed by atoms with Crippen LogP contribution in [0.5, 0.6) is 0 Å². The summed E-state index contributed by atoms with van der Waals surface area (Å²) in [6.45, 7) is 32.6. The van der Waals surface area contributed by atoms with Gasteiger partial charge in [-0.05, 0) is 264 Å². The topological polar surface area (TPSA) is 333 Å². The molecule has 21 rings (SSSR count). The molecule has 12 N–H and O–H groups in total. The molecule has 8 aromatic carbocycles. The number of H-pyrrole nitrogens is 4. The fourth-order valence-electron chi connectivity index (χ4n) is 18.0. The maximum Gasteiger partial charge on any atom is 0.497 e. The van der Waals surface area contributed by atoms with Gasteiger partial charge >= 0.3 is 7.12 Å². The molecule has 16 aromatic rings. The van der Waals surface area contributed by atoms with E-state index in [4.69, 9.17) is 9.31 Å². The van der Waals surface area contributed by atoms with Gasteiger partial charge in [-0.3, -0.25) is 18.3 Å². The Morgan fingerprint density at radius 2 is 0.744 bits per heavy atom. The number of rotatable bonds is 8. The van der Waals surface area contributed by atoms with Crippen molar-refractivity contribution in [3.63, 3.8) is 0 Å². The zero-order valence-corrected chi connectivity index (χ0v) is 79.4. The van der Waals surface area contributed by atoms with Crippen LogP contribution in [0, 0.1) is 102 Å². The minimum atomic E-state index is -0.632. The van der Waals surface area contributed by atoms with Crippen LogP contribution in [0.4, 0.5) is 57.9 Å². The lowest BCUT2D eigenvalue weighted by atomic mass is 9.78. The lowest BCUT2D eigenvalue weighted by Crippen LogP contribution is -2.41. The SMILES string of the molecule is C#CC.CC#Cc1c[nH]c2c(-c3c(F)cc4c(c3C)-n3c(CO)nnc3C(C)(C)N4)cc(F)cc12.CC1(C)OB(c2cc(F)cc3cc[nH]c23)OC1(C)C.Cc1c(-c2cc(F)cc3c(I)c[nH]c23)c(F)cc2c1-n1c(CO)nnc1C(C)(C)N2.Cc1c(-c2cc(F)cc3cc[nH]c23)c(F)cc2c1-n1c(CO)nnc1C(C)(C)N2.Cc1c(Br)c(F)cc2c1-n1c(CO)nnc1C(C)(C)N2. The van der Waals surface area contributed by atoms with Gasteiger partial charge in [0, 0.05) is 106 Å². The highest BCUT2D eigenvalue weighted by Crippen LogP contribution is 2.51. The third kappa shape index (κ3) is 16.1. The van der Waals surface area contributed by atoms with Crippen molar-refractivity contribution in [2.75, 3.05) is 21.3 Å². The number of aliphatic hydroxyl groups is 4. The lowest BCUT2D eigenvalue weighted by molar-refractivity contribution is 0.00578. The third-order valence-corrected chi connectivity index (χ3v) is 26.5. The molecular formula is C96H93BBrF8IN20O6. The number of aromatic amines is 4. The molecule has 1 saturated heterocycles. The molecule has 5 aliphatic rings. The van der Waals surface area contributed by atoms with Gasteiger partial charge in [0.05, 0.1) is 99.9 Å². The highest BCUT2D eigenvalue weighted by atomic mass is 127. The Labute approximate surface area is 781 Å². The van der Waals surface area contributed by atoms with Crippen LogP contribution in [-0.4, -0.2) is 118 Å². The standard InChI is InChI=1S/C24H21F2N5O.C21H18F2IN5O.C21H19F2N5O.C14H17BFNO2.C13H14BrFN4O.C3H4/c1-5-6-13-10-27-21-15(13)7-14(25)8-16(21)20-12(2)22-18(9-17(20)26)28-24(3,4)23-30-29-19(11-32)31(22)23;1-9-17(12-5-10(22)4-11-14(24)7-25-18(11)12)13(23)6-15-19(9)29-16(8-30)27-28-20(29)21(2,3)26-15;1-10-17(13-7-12(22)6-11-4-5-24-18(11)13)14(23)8-15-19(10)28-16(9-29)26-27-20(28)21(2,3)25-15;1-13(2)14(3,4)19-15(18-13)11-8-10(16)7-9-5-6-17-12(9)11;1-6-10(14)7(15)4-8-11(6)19-9(5-20)17-18-12(19)13(2,3)16-8;1-3-2/h7-10,27-28,32H,11H2,1-4H3;4-7,25-26,30H,8H2,1-3H3;4-8,24-25,29H,9H2,1-3H3;5-8,17H,1-4H3;4,16,20H,5H2,1-3H3;1H,2H3. The van der Waals surface area contributed by atoms with Crippen molar-refractivity contribution in [2.24, 2.45) is 0 Å². The lowest BCUT2D eigenvalue weighted by Gasteiger charge is -2.35. The predicted molar refractivity (Wildman–Crippen MR) is 508 cm³/mol. The number of fused-ring (bicyclic) bond motifs is 16. The normalized spacial score (nSPS) is 15.2. The summed E-state index contributed by atoms with van der Waals surface area (Å²) in [4.78, 5) is 12.5. The molecule has 0 radical (unpaired) electrons. The molecule has 0 unspecified atom stereocenters. The van der Waals surface area contributed by atoms with Gasteiger partial charge in [-0.2, -0.15) is 0 Å². The van der Waals surface area contributed by atoms with Crippen molar-refractivity contribution in [3.8, 4) is 80.3 Å². The first kappa shape index (κ1) is 93.5. The van der Waals surface area contributed by atoms with E-state index in [0.29, 0.717) is 179 Å². The van der Waals surface area contributed by atoms with E-state index >= 15 is 13.2 Å². The summed E-state index contributed by atoms with van der Waals surface area (Å²) in [5.41, 5.74) is 10.6. The van der Waals surface area contributed by atoms with E-state index in [2.05, 4.69) is 145 Å². The smallest absolute Gasteiger partial charge is 0.399 e. The molecule has 5 aliphatic heterocycles. The number of hydrogen-bond acceptors (Lipinski definition) is 18. The molecule has 0 spiro atoms. The number of aromatic nitrogens is 16. The predicted octanol–water partition coefficient (Wildman–Crippen LogP) is 19.3. The summed E-state index contributed by atoms with van der Waals surface area (Å²) in [6.07, 6.45) is 11.6. The molecule has 686 valence electrons. The minimum absolute atomic E-state index is 0.225. The van der Waals surface area contributed by atoms with Crippen molar-refractivity contribution >= 4 is 117 Å². The molecule has 133 heavy (non-hydrogen) atoms. The van der Waals surface area contributed by atoms with Gasteiger partial charge in [-0.25, -0.2) is 35.1 Å². The first-order chi connectivity index (χ1) is 62.9. The van der Waals surface area contributed by atoms with Gasteiger partial charge in [-0.1, -0.05) is 5.92 Å². The highest BCUT2D eigenvalue weighted by molar-refractivity contribution is 14.1. The van der Waals surface area contributed by atoms with Crippen molar-refractivity contribution in [1.29, 1.82) is 0 Å². The summed E-state index contributed by atoms with van der Waals surface area (Å²) in [6, 6.07) is 20.5. The minimum Gasteiger partial charge on any atom is -0.399 e. The van der Waals surface area contributed by atoms with Crippen molar-refractivity contribution in [3.05, 3.63) is 239 Å². The number of nitrogens with zero attached hydrogens (tertiary/aromatic N) is 12. The Bertz CT molecular complexity index is 7510. The van der Waals surface area contributed by atoms with E-state index in [0.717, 1.165) is 25.7 Å². The molecule has 0 atom stereocenters. The number of benzene rings is 8. The number of aliphatic hydroxyl groups excluding tert-OH is 4. The quantitative estimate of drug-likeness (QED) is 0.0291. The number of halogens is 10. The van der Waals surface area contributed by atoms with Gasteiger partial charge in [0.25, 0.3) is 0 Å². The molecule has 0 saturated carbocycles. The van der Waals surface area contributed by atoms with E-state index in [1.165, 1.54) is 72.8 Å². The van der Waals surface area contributed by atoms with Crippen LogP contribution in [-0.2, 0) is 57.9 Å². The molecule has 8 aromatic heterocycles. The second-order valence-corrected chi connectivity index (χ2v) is 37.8. The first-order valence-electron chi connectivity index (χ1n) is 42.2. The van der Waals surface area contributed by atoms with E-state index in [1.807, 2.05) is 96.1 Å². The Kier molecular flexibility index (Phi) is 24.4. The van der Waals surface area contributed by atoms with E-state index in [-0.39, 0.29) is 43.6 Å². The summed E-state index contributed by atoms with van der Waals surface area (Å²) in [5, 5.41) is 88.1. The largest absolute Gasteiger partial charge is 0.497 e. The summed E-state index contributed by atoms with van der Waals surface area (Å²) >= 11 is 5.37. The van der Waals surface area contributed by atoms with Crippen molar-refractivity contribution in [2.45, 2.75) is 184 Å². The van der Waals surface area contributed by atoms with Crippen LogP contribution in [0.15, 0.2) is 114 Å². The molecule has 26 nitrogen and oxygen atoms in total. The Hall–Kier alpha value is -12.7. The highest BCUT2D eigenvalue weighted by Gasteiger charge is 2.53. The second kappa shape index (κ2) is 34.7. The Morgan fingerprint density at radius 3 is 1.13 bits per heavy atom. The van der Waals surface area contributed by atoms with Gasteiger partial charge < -0.3 is 70.9 Å². The van der Waals surface area contributed by atoms with Gasteiger partial charge in [0.1, 0.15) is 73.0 Å². The van der Waals surface area contributed by atoms with Crippen LogP contribution >= 0.6 is 38.5 Å². The number of anilines is 4. The molecule has 37 heteroatoms. The molecule has 13 heterocycles. The fraction of sp³-hybridized carbons (Fsp3) is 0.292. The van der Waals surface area contributed by atoms with Gasteiger partial charge in [-0.15, -0.1) is 59.1 Å². The van der Waals surface area contributed by atoms with Crippen LogP contribution in [0.3, 0.4) is 0 Å². The van der Waals surface area contributed by atoms with Crippen LogP contribution in [0.1, 0.15) is 171 Å². The maximum absolute atomic E-state index is 15.6. The summed E-state index contributed by atoms with van der Waals surface area (Å²) in [7, 11) is -0.554. The van der Waals surface area contributed by atoms with Crippen LogP contribution < -0.4 is 26.7 Å². The summed E-state index contributed by atoms with van der Waals surface area (Å²) < 4.78 is 138. The van der Waals surface area contributed by atoms with E-state index in [1.54, 1.807) is 83.7 Å². The number of terminal acetylenes is 1. The van der Waals surface area contributed by atoms with Crippen LogP contribution in [0.2, 0.25) is 0 Å². The Morgan fingerprint density at radius 1 is 0.421 bits per heavy atom. The number of hydrogen-bond donors (Lipinski definition) is 12. The number of nitrogens with one attached hydrogen (secondary N) is 8. The van der Waals surface area contributed by atoms with Crippen LogP contribution in [0.25, 0.3) is 99.7 Å². The molecule has 0 bridgehead atoms. The fourth-order valence-corrected chi connectivity index (χ4v) is 18.9. The van der Waals surface area contributed by atoms with Gasteiger partial charge in [0.2, 0.25) is 0 Å². The van der Waals surface area contributed by atoms with E-state index < -0.39 is 75.4 Å². The zero-order valence-electron chi connectivity index (χ0n) is 75.6. The zero-order chi connectivity index (χ0) is 95.9. The molecule has 1 fully saturated rings. The second-order valence-electron chi connectivity index (χ2n) is 35.9. The molecular weight excluding hydrogens is 1900 g/mol. The first-order valence-corrected chi connectivity index (χ1v) is 44.1. The average molecular weight is 1990 g/mol.